The van der Waals surface area contributed by atoms with Crippen LogP contribution in [-0.2, 0) is 4.74 Å². The molecule has 0 bridgehead atoms. The van der Waals surface area contributed by atoms with Gasteiger partial charge in [0.15, 0.2) is 5.16 Å². The summed E-state index contributed by atoms with van der Waals surface area (Å²) in [6, 6.07) is 0. The van der Waals surface area contributed by atoms with E-state index in [0.717, 1.165) is 0 Å². The largest absolute Gasteiger partial charge is 0.462 e. The fourth-order valence-corrected chi connectivity index (χ4v) is 1.94. The highest BCUT2D eigenvalue weighted by Crippen LogP contribution is 2.08. The molecule has 0 aromatic carbocycles. The van der Waals surface area contributed by atoms with Crippen LogP contribution in [-0.4, -0.2) is 33.8 Å². The van der Waals surface area contributed by atoms with Crippen LogP contribution in [0.2, 0.25) is 0 Å². The molecule has 0 saturated heterocycles. The van der Waals surface area contributed by atoms with Gasteiger partial charge in [0, 0.05) is 6.20 Å². The maximum Gasteiger partial charge on any atom is 0.343 e. The van der Waals surface area contributed by atoms with Crippen LogP contribution in [0.1, 0.15) is 17.3 Å². The minimum Gasteiger partial charge on any atom is -0.462 e. The number of aromatic amines is 2. The lowest BCUT2D eigenvalue weighted by Crippen LogP contribution is -2.24. The van der Waals surface area contributed by atoms with Crippen molar-refractivity contribution >= 4 is 28.8 Å². The molecule has 2 N–H and O–H groups in total. The number of ether oxygens (including phenoxy) is 1. The van der Waals surface area contributed by atoms with Gasteiger partial charge >= 0.3 is 5.97 Å². The van der Waals surface area contributed by atoms with Crippen LogP contribution < -0.4 is 11.0 Å². The fourth-order valence-electron chi connectivity index (χ4n) is 1.57. The van der Waals surface area contributed by atoms with Gasteiger partial charge in [-0.15, -0.1) is 0 Å². The van der Waals surface area contributed by atoms with E-state index in [9.17, 15) is 14.4 Å². The molecule has 0 saturated carbocycles. The number of hydrogen-bond donors (Lipinski definition) is 2. The average Bonchev–Trinajstić information content (AvgIpc) is 2.38. The molecule has 0 aliphatic heterocycles. The molecule has 0 radical (unpaired) electrons. The maximum atomic E-state index is 12.1. The number of nitrogens with one attached hydrogen (secondary N) is 2. The van der Waals surface area contributed by atoms with Crippen molar-refractivity contribution in [1.82, 2.24) is 15.0 Å². The number of nitrogens with zero attached hydrogens (tertiary/aromatic N) is 1. The molecule has 8 heteroatoms. The number of H-pyrrole nitrogens is 2. The normalized spacial score (nSPS) is 10.6. The van der Waals surface area contributed by atoms with Crippen molar-refractivity contribution < 1.29 is 9.53 Å². The molecule has 19 heavy (non-hydrogen) atoms. The van der Waals surface area contributed by atoms with E-state index in [2.05, 4.69) is 15.0 Å². The minimum atomic E-state index is -0.765. The van der Waals surface area contributed by atoms with Crippen molar-refractivity contribution in [2.75, 3.05) is 12.9 Å². The summed E-state index contributed by atoms with van der Waals surface area (Å²) in [4.78, 5) is 44.7. The lowest BCUT2D eigenvalue weighted by atomic mass is 10.2. The van der Waals surface area contributed by atoms with Crippen LogP contribution in [0.3, 0.4) is 0 Å². The van der Waals surface area contributed by atoms with Crippen LogP contribution in [0.15, 0.2) is 20.9 Å². The summed E-state index contributed by atoms with van der Waals surface area (Å²) in [6.45, 7) is 1.78. The number of carbonyl (C=O) groups excluding carboxylic acids is 1. The number of aromatic nitrogens is 3. The standard InChI is InChI=1S/C11H11N3O4S/c1-3-18-10(17)5-4-12-8-6(7(5)15)9(16)14-11(13-8)19-2/h4H,3H2,1-2H3,(H2,12,13,14,15,16). The summed E-state index contributed by atoms with van der Waals surface area (Å²) in [5.41, 5.74) is -1.33. The maximum absolute atomic E-state index is 12.1. The first kappa shape index (κ1) is 13.3. The van der Waals surface area contributed by atoms with Gasteiger partial charge in [-0.2, -0.15) is 0 Å². The summed E-state index contributed by atoms with van der Waals surface area (Å²) < 4.78 is 4.75. The Morgan fingerprint density at radius 3 is 2.84 bits per heavy atom. The van der Waals surface area contributed by atoms with E-state index >= 15 is 0 Å². The predicted octanol–water partition coefficient (Wildman–Crippen LogP) is 0.510. The highest BCUT2D eigenvalue weighted by atomic mass is 32.2. The Hall–Kier alpha value is -2.09. The van der Waals surface area contributed by atoms with Crippen molar-refractivity contribution in [2.45, 2.75) is 12.1 Å². The van der Waals surface area contributed by atoms with E-state index in [0.29, 0.717) is 5.16 Å². The Kier molecular flexibility index (Phi) is 3.70. The Labute approximate surface area is 111 Å². The first-order valence-electron chi connectivity index (χ1n) is 5.45. The zero-order chi connectivity index (χ0) is 14.0. The van der Waals surface area contributed by atoms with Gasteiger partial charge in [0.25, 0.3) is 5.56 Å². The Bertz CT molecular complexity index is 750. The first-order chi connectivity index (χ1) is 9.08. The van der Waals surface area contributed by atoms with Gasteiger partial charge in [-0.1, -0.05) is 11.8 Å². The molecular formula is C11H11N3O4S. The number of hydrogen-bond acceptors (Lipinski definition) is 6. The second-order valence-electron chi connectivity index (χ2n) is 3.55. The van der Waals surface area contributed by atoms with E-state index in [-0.39, 0.29) is 23.2 Å². The predicted molar refractivity (Wildman–Crippen MR) is 70.7 cm³/mol. The number of carbonyl (C=O) groups is 1. The molecule has 2 heterocycles. The monoisotopic (exact) mass is 281 g/mol. The summed E-state index contributed by atoms with van der Waals surface area (Å²) >= 11 is 1.24. The molecule has 0 fully saturated rings. The van der Waals surface area contributed by atoms with Gasteiger partial charge in [-0.3, -0.25) is 9.59 Å². The third-order valence-electron chi connectivity index (χ3n) is 2.41. The van der Waals surface area contributed by atoms with Crippen LogP contribution in [0.25, 0.3) is 11.0 Å². The van der Waals surface area contributed by atoms with Crippen molar-refractivity contribution in [3.8, 4) is 0 Å². The fraction of sp³-hybridized carbons (Fsp3) is 0.273. The van der Waals surface area contributed by atoms with Crippen molar-refractivity contribution in [3.63, 3.8) is 0 Å². The smallest absolute Gasteiger partial charge is 0.343 e. The highest BCUT2D eigenvalue weighted by molar-refractivity contribution is 7.98. The quantitative estimate of drug-likeness (QED) is 0.482. The Morgan fingerprint density at radius 1 is 1.47 bits per heavy atom. The molecule has 0 spiro atoms. The highest BCUT2D eigenvalue weighted by Gasteiger charge is 2.17. The number of pyridine rings is 1. The lowest BCUT2D eigenvalue weighted by Gasteiger charge is -2.03. The number of rotatable bonds is 3. The van der Waals surface area contributed by atoms with Gasteiger partial charge in [0.05, 0.1) is 6.61 Å². The molecule has 7 nitrogen and oxygen atoms in total. The Balaban J connectivity index is 2.72. The minimum absolute atomic E-state index is 0.145. The SMILES string of the molecule is CCOC(=O)c1c[nH]c2nc(SC)[nH]c(=O)c2c1=O. The zero-order valence-corrected chi connectivity index (χ0v) is 11.1. The van der Waals surface area contributed by atoms with Gasteiger partial charge < -0.3 is 14.7 Å². The zero-order valence-electron chi connectivity index (χ0n) is 10.3. The molecule has 100 valence electrons. The van der Waals surface area contributed by atoms with Crippen LogP contribution in [0, 0.1) is 0 Å². The summed E-state index contributed by atoms with van der Waals surface area (Å²) in [5, 5.41) is 0.209. The molecule has 0 aliphatic rings. The van der Waals surface area contributed by atoms with E-state index < -0.39 is 17.0 Å². The van der Waals surface area contributed by atoms with Crippen LogP contribution in [0.4, 0.5) is 0 Å². The van der Waals surface area contributed by atoms with E-state index in [1.807, 2.05) is 0 Å². The van der Waals surface area contributed by atoms with Gasteiger partial charge in [0.1, 0.15) is 16.6 Å². The number of esters is 1. The lowest BCUT2D eigenvalue weighted by molar-refractivity contribution is 0.0524. The third kappa shape index (κ3) is 2.39. The topological polar surface area (TPSA) is 105 Å². The van der Waals surface area contributed by atoms with E-state index in [4.69, 9.17) is 4.74 Å². The third-order valence-corrected chi connectivity index (χ3v) is 2.99. The molecular weight excluding hydrogens is 270 g/mol. The molecule has 2 aromatic heterocycles. The Morgan fingerprint density at radius 2 is 2.21 bits per heavy atom. The van der Waals surface area contributed by atoms with Crippen molar-refractivity contribution in [1.29, 1.82) is 0 Å². The first-order valence-corrected chi connectivity index (χ1v) is 6.67. The van der Waals surface area contributed by atoms with Crippen molar-refractivity contribution in [3.05, 3.63) is 32.3 Å². The second-order valence-corrected chi connectivity index (χ2v) is 4.35. The van der Waals surface area contributed by atoms with Crippen LogP contribution >= 0.6 is 11.8 Å². The van der Waals surface area contributed by atoms with Gasteiger partial charge in [-0.25, -0.2) is 9.78 Å². The summed E-state index contributed by atoms with van der Waals surface area (Å²) in [7, 11) is 0. The van der Waals surface area contributed by atoms with Gasteiger partial charge in [-0.05, 0) is 13.2 Å². The number of fused-ring (bicyclic) bond motifs is 1. The second kappa shape index (κ2) is 5.27. The molecule has 0 amide bonds. The average molecular weight is 281 g/mol. The van der Waals surface area contributed by atoms with E-state index in [1.54, 1.807) is 13.2 Å². The summed E-state index contributed by atoms with van der Waals surface area (Å²) in [6.07, 6.45) is 2.95. The molecule has 0 atom stereocenters. The van der Waals surface area contributed by atoms with Crippen molar-refractivity contribution in [2.24, 2.45) is 0 Å². The number of thioether (sulfide) groups is 1. The molecule has 2 rings (SSSR count). The van der Waals surface area contributed by atoms with Crippen LogP contribution in [0.5, 0.6) is 0 Å². The van der Waals surface area contributed by atoms with Gasteiger partial charge in [0.2, 0.25) is 5.43 Å². The summed E-state index contributed by atoms with van der Waals surface area (Å²) in [5.74, 6) is -0.765. The molecule has 0 aliphatic carbocycles. The molecule has 0 unspecified atom stereocenters. The molecule has 2 aromatic rings. The van der Waals surface area contributed by atoms with E-state index in [1.165, 1.54) is 18.0 Å².